The number of β-lactam (4-membered cyclic amide) rings is 1. The van der Waals surface area contributed by atoms with Crippen LogP contribution in [-0.2, 0) is 38.7 Å². The first-order valence-corrected chi connectivity index (χ1v) is 14.7. The smallest absolute Gasteiger partial charge is 0.355 e. The number of fused-ring (bicyclic) bond motifs is 1. The summed E-state index contributed by atoms with van der Waals surface area (Å²) in [6, 6.07) is 19.7. The van der Waals surface area contributed by atoms with Crippen molar-refractivity contribution in [1.29, 1.82) is 0 Å². The highest BCUT2D eigenvalue weighted by Crippen LogP contribution is 2.41. The summed E-state index contributed by atoms with van der Waals surface area (Å²) in [5, 5.41) is 2.47. The third kappa shape index (κ3) is 6.81. The molecule has 0 radical (unpaired) electrons. The third-order valence-electron chi connectivity index (χ3n) is 7.27. The lowest BCUT2D eigenvalue weighted by Crippen LogP contribution is -3.00. The summed E-state index contributed by atoms with van der Waals surface area (Å²) in [4.78, 5) is 45.2. The van der Waals surface area contributed by atoms with Gasteiger partial charge in [-0.1, -0.05) is 42.5 Å². The number of carbonyl (C=O) groups excluding carboxylic acids is 3. The van der Waals surface area contributed by atoms with Crippen LogP contribution in [0.3, 0.4) is 0 Å². The van der Waals surface area contributed by atoms with E-state index in [2.05, 4.69) is 10.3 Å². The molecule has 4 heterocycles. The maximum atomic E-state index is 13.6. The van der Waals surface area contributed by atoms with Gasteiger partial charge < -0.3 is 43.2 Å². The highest BCUT2D eigenvalue weighted by molar-refractivity contribution is 8.00. The van der Waals surface area contributed by atoms with Crippen LogP contribution in [0.5, 0.6) is 5.75 Å². The summed E-state index contributed by atoms with van der Waals surface area (Å²) in [5.41, 5.74) is 3.49. The van der Waals surface area contributed by atoms with Gasteiger partial charge in [-0.3, -0.25) is 14.5 Å². The van der Waals surface area contributed by atoms with Gasteiger partial charge in [-0.25, -0.2) is 14.3 Å². The number of amides is 2. The lowest BCUT2D eigenvalue weighted by Gasteiger charge is -2.49. The summed E-state index contributed by atoms with van der Waals surface area (Å²) in [6.45, 7) is 0.411. The minimum atomic E-state index is -0.721. The Bertz CT molecular complexity index is 1650. The Labute approximate surface area is 275 Å². The molecular weight excluding hydrogens is 695 g/mol. The number of esters is 1. The number of carbonyl (C=O) groups is 3. The zero-order valence-electron chi connectivity index (χ0n) is 23.7. The monoisotopic (exact) mass is 724 g/mol. The SMILES string of the molecule is COc1ccc(COC(=O)C2=C(C[n+]3ccc(-c4cnco4)cc3)CS[C@@H]3[C@H](NC(=O)Cc4ccccc4)C(=O)N23)cc1.[I-]. The van der Waals surface area contributed by atoms with Gasteiger partial charge in [0.05, 0.1) is 19.7 Å². The molecule has 44 heavy (non-hydrogen) atoms. The minimum Gasteiger partial charge on any atom is -1.00 e. The van der Waals surface area contributed by atoms with E-state index in [1.54, 1.807) is 25.4 Å². The molecule has 0 spiro atoms. The standard InChI is InChI=1S/C32H28N4O6S.HI/c1-40-25-9-7-22(8-10-25)18-41-32(39)29-24(17-35-13-11-23(12-14-35)26-16-33-20-42-26)19-43-31-28(30(38)36(29)31)34-27(37)15-21-5-3-2-4-6-21;/h2-14,16,20,28,31H,15,17-19H2,1H3;1H/t28-,31-;/m1./s1. The number of pyridine rings is 1. The lowest BCUT2D eigenvalue weighted by molar-refractivity contribution is -0.689. The van der Waals surface area contributed by atoms with Crippen LogP contribution in [0.1, 0.15) is 11.1 Å². The number of oxazole rings is 1. The van der Waals surface area contributed by atoms with Crippen LogP contribution >= 0.6 is 11.8 Å². The van der Waals surface area contributed by atoms with E-state index in [-0.39, 0.29) is 54.5 Å². The van der Waals surface area contributed by atoms with Crippen molar-refractivity contribution in [2.24, 2.45) is 0 Å². The molecule has 0 aliphatic carbocycles. The van der Waals surface area contributed by atoms with Gasteiger partial charge in [0.15, 0.2) is 31.1 Å². The Morgan fingerprint density at radius 2 is 1.82 bits per heavy atom. The Morgan fingerprint density at radius 1 is 1.07 bits per heavy atom. The largest absolute Gasteiger partial charge is 1.00 e. The third-order valence-corrected chi connectivity index (χ3v) is 8.61. The van der Waals surface area contributed by atoms with Gasteiger partial charge in [0, 0.05) is 29.0 Å². The number of aromatic nitrogens is 2. The maximum Gasteiger partial charge on any atom is 0.355 e. The van der Waals surface area contributed by atoms with Crippen molar-refractivity contribution in [3.05, 3.63) is 114 Å². The molecule has 12 heteroatoms. The van der Waals surface area contributed by atoms with E-state index in [1.165, 1.54) is 23.1 Å². The second kappa shape index (κ2) is 14.1. The van der Waals surface area contributed by atoms with Crippen LogP contribution in [0.2, 0.25) is 0 Å². The van der Waals surface area contributed by atoms with Gasteiger partial charge in [-0.15, -0.1) is 11.8 Å². The van der Waals surface area contributed by atoms with Crippen LogP contribution in [0.25, 0.3) is 11.3 Å². The normalized spacial score (nSPS) is 17.2. The van der Waals surface area contributed by atoms with E-state index in [0.29, 0.717) is 23.8 Å². The fourth-order valence-corrected chi connectivity index (χ4v) is 6.38. The molecule has 6 rings (SSSR count). The van der Waals surface area contributed by atoms with Gasteiger partial charge >= 0.3 is 5.97 Å². The topological polar surface area (TPSA) is 115 Å². The zero-order valence-corrected chi connectivity index (χ0v) is 26.7. The lowest BCUT2D eigenvalue weighted by atomic mass is 10.0. The highest BCUT2D eigenvalue weighted by atomic mass is 127. The van der Waals surface area contributed by atoms with Gasteiger partial charge in [0.2, 0.25) is 5.91 Å². The van der Waals surface area contributed by atoms with Crippen LogP contribution in [-0.4, -0.2) is 51.9 Å². The minimum absolute atomic E-state index is 0. The molecule has 2 aliphatic rings. The molecule has 0 saturated carbocycles. The molecule has 1 saturated heterocycles. The number of methoxy groups -OCH3 is 1. The number of nitrogens with one attached hydrogen (secondary N) is 1. The molecule has 2 atom stereocenters. The number of thioether (sulfide) groups is 1. The molecule has 0 unspecified atom stereocenters. The molecule has 1 N–H and O–H groups in total. The quantitative estimate of drug-likeness (QED) is 0.108. The first kappa shape index (κ1) is 31.3. The van der Waals surface area contributed by atoms with Gasteiger partial charge in [-0.05, 0) is 23.3 Å². The Kier molecular flexibility index (Phi) is 10.0. The Balaban J connectivity index is 0.00000384. The van der Waals surface area contributed by atoms with Gasteiger partial charge in [0.25, 0.3) is 5.91 Å². The number of rotatable bonds is 10. The Morgan fingerprint density at radius 3 is 2.50 bits per heavy atom. The number of benzene rings is 2. The molecule has 226 valence electrons. The molecular formula is C32H29IN4O6S. The summed E-state index contributed by atoms with van der Waals surface area (Å²) in [7, 11) is 1.59. The number of halogens is 1. The van der Waals surface area contributed by atoms with E-state index >= 15 is 0 Å². The zero-order chi connectivity index (χ0) is 29.8. The van der Waals surface area contributed by atoms with E-state index in [4.69, 9.17) is 13.9 Å². The molecule has 2 aliphatic heterocycles. The van der Waals surface area contributed by atoms with Crippen molar-refractivity contribution < 1.29 is 56.8 Å². The molecule has 10 nitrogen and oxygen atoms in total. The first-order valence-electron chi connectivity index (χ1n) is 13.7. The van der Waals surface area contributed by atoms with E-state index in [0.717, 1.165) is 22.3 Å². The average Bonchev–Trinajstić information content (AvgIpc) is 3.59. The Hall–Kier alpha value is -4.17. The maximum absolute atomic E-state index is 13.6. The van der Waals surface area contributed by atoms with Crippen molar-refractivity contribution >= 4 is 29.5 Å². The highest BCUT2D eigenvalue weighted by Gasteiger charge is 2.54. The van der Waals surface area contributed by atoms with Crippen LogP contribution in [0.4, 0.5) is 0 Å². The second-order valence-electron chi connectivity index (χ2n) is 10.1. The van der Waals surface area contributed by atoms with E-state index in [9.17, 15) is 14.4 Å². The van der Waals surface area contributed by atoms with Crippen molar-refractivity contribution in [1.82, 2.24) is 15.2 Å². The van der Waals surface area contributed by atoms with Crippen molar-refractivity contribution in [2.75, 3.05) is 12.9 Å². The second-order valence-corrected chi connectivity index (χ2v) is 11.2. The van der Waals surface area contributed by atoms with E-state index < -0.39 is 17.4 Å². The number of hydrogen-bond acceptors (Lipinski definition) is 8. The van der Waals surface area contributed by atoms with Crippen LogP contribution in [0.15, 0.2) is 107 Å². The summed E-state index contributed by atoms with van der Waals surface area (Å²) >= 11 is 1.52. The van der Waals surface area contributed by atoms with Crippen molar-refractivity contribution in [2.45, 2.75) is 31.0 Å². The number of hydrogen-bond donors (Lipinski definition) is 1. The summed E-state index contributed by atoms with van der Waals surface area (Å²) in [6.07, 6.45) is 6.95. The molecule has 4 aromatic rings. The van der Waals surface area contributed by atoms with Crippen molar-refractivity contribution in [3.63, 3.8) is 0 Å². The molecule has 0 bridgehead atoms. The molecule has 2 aromatic carbocycles. The van der Waals surface area contributed by atoms with E-state index in [1.807, 2.05) is 71.6 Å². The van der Waals surface area contributed by atoms with Crippen LogP contribution < -0.4 is 38.6 Å². The fourth-order valence-electron chi connectivity index (χ4n) is 5.04. The average molecular weight is 725 g/mol. The number of nitrogens with zero attached hydrogens (tertiary/aromatic N) is 3. The molecule has 2 amide bonds. The summed E-state index contributed by atoms with van der Waals surface area (Å²) in [5.74, 6) is 0.673. The predicted octanol–water partition coefficient (Wildman–Crippen LogP) is 0.282. The first-order chi connectivity index (χ1) is 21.0. The molecule has 1 fully saturated rings. The number of ether oxygens (including phenoxy) is 2. The fraction of sp³-hybridized carbons (Fsp3) is 0.219. The predicted molar refractivity (Wildman–Crippen MR) is 157 cm³/mol. The van der Waals surface area contributed by atoms with Crippen molar-refractivity contribution in [3.8, 4) is 17.1 Å². The van der Waals surface area contributed by atoms with Crippen LogP contribution in [0, 0.1) is 0 Å². The summed E-state index contributed by atoms with van der Waals surface area (Å²) < 4.78 is 18.2. The molecule has 2 aromatic heterocycles. The van der Waals surface area contributed by atoms with Gasteiger partial charge in [-0.2, -0.15) is 0 Å². The van der Waals surface area contributed by atoms with Gasteiger partial charge in [0.1, 0.15) is 29.5 Å².